The van der Waals surface area contributed by atoms with E-state index in [1.807, 2.05) is 13.8 Å². The summed E-state index contributed by atoms with van der Waals surface area (Å²) in [5, 5.41) is 7.01. The minimum atomic E-state index is -0.521. The summed E-state index contributed by atoms with van der Waals surface area (Å²) in [6.45, 7) is 12.2. The normalized spacial score (nSPS) is 16.9. The number of carbonyl (C=O) groups excluding carboxylic acids is 2. The Labute approximate surface area is 175 Å². The van der Waals surface area contributed by atoms with Crippen molar-refractivity contribution >= 4 is 28.2 Å². The van der Waals surface area contributed by atoms with Crippen LogP contribution in [0.3, 0.4) is 0 Å². The number of carbonyl (C=O) groups is 2. The van der Waals surface area contributed by atoms with Crippen molar-refractivity contribution in [1.82, 2.24) is 5.32 Å². The molecule has 1 aliphatic rings. The second-order valence-corrected chi connectivity index (χ2v) is 9.95. The van der Waals surface area contributed by atoms with Crippen molar-refractivity contribution in [3.63, 3.8) is 0 Å². The van der Waals surface area contributed by atoms with Crippen LogP contribution in [0.15, 0.2) is 24.3 Å². The van der Waals surface area contributed by atoms with Crippen molar-refractivity contribution in [3.8, 4) is 5.75 Å². The van der Waals surface area contributed by atoms with Gasteiger partial charge < -0.3 is 21.1 Å². The molecule has 29 heavy (non-hydrogen) atoms. The zero-order valence-corrected chi connectivity index (χ0v) is 18.6. The van der Waals surface area contributed by atoms with Gasteiger partial charge in [-0.05, 0) is 77.8 Å². The van der Waals surface area contributed by atoms with E-state index in [2.05, 4.69) is 38.3 Å². The van der Waals surface area contributed by atoms with Crippen LogP contribution in [-0.2, 0) is 12.0 Å². The van der Waals surface area contributed by atoms with Gasteiger partial charge in [0, 0.05) is 21.5 Å². The molecule has 2 amide bonds. The van der Waals surface area contributed by atoms with Crippen LogP contribution >= 0.6 is 11.3 Å². The molecule has 0 saturated carbocycles. The number of ether oxygens (including phenoxy) is 1. The number of fused-ring (bicyclic) bond motifs is 1. The van der Waals surface area contributed by atoms with Crippen molar-refractivity contribution in [2.45, 2.75) is 65.1 Å². The highest BCUT2D eigenvalue weighted by Gasteiger charge is 2.41. The van der Waals surface area contributed by atoms with Gasteiger partial charge in [0.2, 0.25) is 0 Å². The van der Waals surface area contributed by atoms with Crippen LogP contribution in [0.2, 0.25) is 0 Å². The van der Waals surface area contributed by atoms with E-state index in [9.17, 15) is 9.59 Å². The highest BCUT2D eigenvalue weighted by molar-refractivity contribution is 7.17. The fraction of sp³-hybridized carbons (Fsp3) is 0.455. The van der Waals surface area contributed by atoms with E-state index in [1.165, 1.54) is 11.3 Å². The Hall–Kier alpha value is -2.38. The van der Waals surface area contributed by atoms with E-state index in [1.54, 1.807) is 24.3 Å². The maximum Gasteiger partial charge on any atom is 0.256 e. The minimum absolute atomic E-state index is 0.0615. The summed E-state index contributed by atoms with van der Waals surface area (Å²) in [5.41, 5.74) is 7.03. The van der Waals surface area contributed by atoms with Gasteiger partial charge in [0.05, 0.1) is 11.7 Å². The third kappa shape index (κ3) is 4.46. The zero-order valence-electron chi connectivity index (χ0n) is 17.8. The summed E-state index contributed by atoms with van der Waals surface area (Å²) >= 11 is 1.41. The van der Waals surface area contributed by atoms with Gasteiger partial charge in [0.1, 0.15) is 10.8 Å². The van der Waals surface area contributed by atoms with Crippen molar-refractivity contribution in [3.05, 3.63) is 45.8 Å². The van der Waals surface area contributed by atoms with Crippen LogP contribution in [0.4, 0.5) is 5.00 Å². The quantitative estimate of drug-likeness (QED) is 0.687. The highest BCUT2D eigenvalue weighted by Crippen LogP contribution is 2.45. The van der Waals surface area contributed by atoms with Gasteiger partial charge >= 0.3 is 0 Å². The number of amides is 2. The molecule has 0 fully saturated rings. The van der Waals surface area contributed by atoms with Crippen molar-refractivity contribution in [2.75, 3.05) is 5.32 Å². The first-order valence-electron chi connectivity index (χ1n) is 9.73. The number of anilines is 1. The number of hydrogen-bond donors (Lipinski definition) is 3. The smallest absolute Gasteiger partial charge is 0.256 e. The maximum absolute atomic E-state index is 12.8. The number of thiophene rings is 1. The molecule has 0 spiro atoms. The second kappa shape index (κ2) is 7.46. The Bertz CT molecular complexity index is 943. The summed E-state index contributed by atoms with van der Waals surface area (Å²) in [5.74, 6) is -0.102. The SMILES string of the molecule is CC(C)Oc1ccc(C(=O)Nc2sc3c(c2C(N)=O)CC(C)(C)NC3(C)C)cc1. The monoisotopic (exact) mass is 415 g/mol. The second-order valence-electron chi connectivity index (χ2n) is 8.93. The van der Waals surface area contributed by atoms with Gasteiger partial charge in [0.15, 0.2) is 0 Å². The fourth-order valence-corrected chi connectivity index (χ4v) is 5.29. The number of hydrogen-bond acceptors (Lipinski definition) is 5. The number of primary amides is 1. The molecule has 6 nitrogen and oxygen atoms in total. The molecular weight excluding hydrogens is 386 g/mol. The number of nitrogens with two attached hydrogens (primary N) is 1. The Morgan fingerprint density at radius 3 is 2.34 bits per heavy atom. The van der Waals surface area contributed by atoms with E-state index in [-0.39, 0.29) is 23.1 Å². The fourth-order valence-electron chi connectivity index (χ4n) is 4.01. The molecule has 0 atom stereocenters. The lowest BCUT2D eigenvalue weighted by Crippen LogP contribution is -2.55. The van der Waals surface area contributed by atoms with Crippen molar-refractivity contribution in [1.29, 1.82) is 0 Å². The van der Waals surface area contributed by atoms with Crippen LogP contribution in [-0.4, -0.2) is 23.5 Å². The first-order valence-corrected chi connectivity index (χ1v) is 10.5. The van der Waals surface area contributed by atoms with Gasteiger partial charge in [-0.3, -0.25) is 9.59 Å². The van der Waals surface area contributed by atoms with Crippen LogP contribution in [0.25, 0.3) is 0 Å². The van der Waals surface area contributed by atoms with Crippen LogP contribution in [0.5, 0.6) is 5.75 Å². The standard InChI is InChI=1S/C22H29N3O3S/c1-12(2)28-14-9-7-13(8-10-14)19(27)24-20-16(18(23)26)15-11-21(3,4)25-22(5,6)17(15)29-20/h7-10,12,25H,11H2,1-6H3,(H2,23,26)(H,24,27). The van der Waals surface area contributed by atoms with Gasteiger partial charge in [-0.1, -0.05) is 0 Å². The summed E-state index contributed by atoms with van der Waals surface area (Å²) in [6.07, 6.45) is 0.726. The van der Waals surface area contributed by atoms with Gasteiger partial charge in [-0.15, -0.1) is 11.3 Å². The van der Waals surface area contributed by atoms with Crippen LogP contribution in [0.1, 0.15) is 72.7 Å². The van der Waals surface area contributed by atoms with E-state index in [0.717, 1.165) is 10.4 Å². The molecule has 0 saturated heterocycles. The molecule has 1 aromatic heterocycles. The van der Waals surface area contributed by atoms with Gasteiger partial charge in [-0.25, -0.2) is 0 Å². The lowest BCUT2D eigenvalue weighted by Gasteiger charge is -2.42. The molecule has 2 aromatic rings. The highest BCUT2D eigenvalue weighted by atomic mass is 32.1. The molecule has 7 heteroatoms. The zero-order chi connectivity index (χ0) is 21.6. The predicted molar refractivity (Wildman–Crippen MR) is 117 cm³/mol. The summed E-state index contributed by atoms with van der Waals surface area (Å²) < 4.78 is 5.62. The summed E-state index contributed by atoms with van der Waals surface area (Å²) in [6, 6.07) is 6.94. The Morgan fingerprint density at radius 1 is 1.17 bits per heavy atom. The number of benzene rings is 1. The Balaban J connectivity index is 1.93. The largest absolute Gasteiger partial charge is 0.491 e. The molecule has 0 unspecified atom stereocenters. The third-order valence-corrected chi connectivity index (χ3v) is 6.28. The minimum Gasteiger partial charge on any atom is -0.491 e. The molecule has 1 aliphatic heterocycles. The molecule has 4 N–H and O–H groups in total. The topological polar surface area (TPSA) is 93.4 Å². The van der Waals surface area contributed by atoms with Crippen LogP contribution in [0, 0.1) is 0 Å². The van der Waals surface area contributed by atoms with E-state index < -0.39 is 5.91 Å². The third-order valence-electron chi connectivity index (χ3n) is 4.81. The molecule has 0 bridgehead atoms. The first kappa shape index (κ1) is 21.3. The molecule has 3 rings (SSSR count). The summed E-state index contributed by atoms with van der Waals surface area (Å²) in [7, 11) is 0. The lowest BCUT2D eigenvalue weighted by atomic mass is 9.81. The van der Waals surface area contributed by atoms with Gasteiger partial charge in [-0.2, -0.15) is 0 Å². The lowest BCUT2D eigenvalue weighted by molar-refractivity contribution is 0.0999. The predicted octanol–water partition coefficient (Wildman–Crippen LogP) is 4.05. The maximum atomic E-state index is 12.8. The van der Waals surface area contributed by atoms with E-state index in [0.29, 0.717) is 28.3 Å². The first-order chi connectivity index (χ1) is 13.4. The average molecular weight is 416 g/mol. The molecule has 156 valence electrons. The molecule has 2 heterocycles. The van der Waals surface area contributed by atoms with E-state index in [4.69, 9.17) is 10.5 Å². The average Bonchev–Trinajstić information content (AvgIpc) is 2.91. The molecule has 1 aromatic carbocycles. The van der Waals surface area contributed by atoms with Crippen LogP contribution < -0.4 is 21.1 Å². The van der Waals surface area contributed by atoms with Crippen molar-refractivity contribution in [2.24, 2.45) is 5.73 Å². The number of nitrogens with one attached hydrogen (secondary N) is 2. The Kier molecular flexibility index (Phi) is 5.49. The molecule has 0 radical (unpaired) electrons. The number of rotatable bonds is 5. The summed E-state index contributed by atoms with van der Waals surface area (Å²) in [4.78, 5) is 26.1. The van der Waals surface area contributed by atoms with E-state index >= 15 is 0 Å². The van der Waals surface area contributed by atoms with Crippen molar-refractivity contribution < 1.29 is 14.3 Å². The molecule has 0 aliphatic carbocycles. The van der Waals surface area contributed by atoms with Gasteiger partial charge in [0.25, 0.3) is 11.8 Å². The Morgan fingerprint density at radius 2 is 1.79 bits per heavy atom. The molecular formula is C22H29N3O3S.